The summed E-state index contributed by atoms with van der Waals surface area (Å²) in [6, 6.07) is 10.8. The van der Waals surface area contributed by atoms with Crippen molar-refractivity contribution in [3.8, 4) is 0 Å². The number of nitrogens with zero attached hydrogens (tertiary/aromatic N) is 5. The van der Waals surface area contributed by atoms with Crippen LogP contribution in [0.4, 0.5) is 8.78 Å². The van der Waals surface area contributed by atoms with E-state index in [4.69, 9.17) is 0 Å². The first-order valence-electron chi connectivity index (χ1n) is 12.1. The van der Waals surface area contributed by atoms with Crippen LogP contribution in [-0.4, -0.2) is 63.4 Å². The molecule has 0 radical (unpaired) electrons. The van der Waals surface area contributed by atoms with Gasteiger partial charge in [0.15, 0.2) is 5.82 Å². The second kappa shape index (κ2) is 10.6. The van der Waals surface area contributed by atoms with Crippen molar-refractivity contribution in [3.63, 3.8) is 0 Å². The number of ether oxygens (including phenoxy) is 1. The van der Waals surface area contributed by atoms with Crippen molar-refractivity contribution in [1.29, 1.82) is 0 Å². The average Bonchev–Trinajstić information content (AvgIpc) is 3.61. The van der Waals surface area contributed by atoms with E-state index in [0.717, 1.165) is 30.9 Å². The van der Waals surface area contributed by atoms with Crippen molar-refractivity contribution in [2.75, 3.05) is 26.2 Å². The van der Waals surface area contributed by atoms with Crippen molar-refractivity contribution < 1.29 is 13.5 Å². The molecule has 2 atom stereocenters. The Bertz CT molecular complexity index is 1040. The zero-order valence-corrected chi connectivity index (χ0v) is 19.3. The van der Waals surface area contributed by atoms with Gasteiger partial charge in [-0.25, -0.2) is 0 Å². The van der Waals surface area contributed by atoms with Crippen LogP contribution in [0.3, 0.4) is 0 Å². The summed E-state index contributed by atoms with van der Waals surface area (Å²) >= 11 is 0. The first kappa shape index (κ1) is 22.9. The lowest BCUT2D eigenvalue weighted by Gasteiger charge is -2.28. The normalized spacial score (nSPS) is 23.7. The molecular weight excluding hydrogens is 436 g/mol. The molecule has 0 N–H and O–H groups in total. The molecule has 2 fully saturated rings. The largest absolute Gasteiger partial charge is 0.435 e. The van der Waals surface area contributed by atoms with Crippen molar-refractivity contribution in [1.82, 2.24) is 24.6 Å². The van der Waals surface area contributed by atoms with E-state index in [0.29, 0.717) is 19.0 Å². The van der Waals surface area contributed by atoms with E-state index >= 15 is 0 Å². The van der Waals surface area contributed by atoms with E-state index in [1.807, 2.05) is 24.3 Å². The molecule has 0 amide bonds. The number of likely N-dealkylation sites (tertiary alicyclic amines) is 2. The molecule has 2 aliphatic heterocycles. The number of hydrogen-bond donors (Lipinski definition) is 0. The first-order chi connectivity index (χ1) is 16.7. The number of hydrogen-bond acceptors (Lipinski definition) is 5. The molecule has 180 valence electrons. The Morgan fingerprint density at radius 1 is 1.09 bits per heavy atom. The van der Waals surface area contributed by atoms with Crippen molar-refractivity contribution in [2.24, 2.45) is 0 Å². The third-order valence-corrected chi connectivity index (χ3v) is 6.95. The maximum Gasteiger partial charge on any atom is 0.387 e. The lowest BCUT2D eigenvalue weighted by atomic mass is 10.0. The summed E-state index contributed by atoms with van der Waals surface area (Å²) in [5.74, 6) is 1.12. The van der Waals surface area contributed by atoms with Crippen LogP contribution in [0.2, 0.25) is 0 Å². The number of aromatic nitrogens is 3. The fourth-order valence-corrected chi connectivity index (χ4v) is 5.22. The molecule has 0 spiro atoms. The molecule has 3 heterocycles. The highest BCUT2D eigenvalue weighted by molar-refractivity contribution is 5.34. The third-order valence-electron chi connectivity index (χ3n) is 6.95. The van der Waals surface area contributed by atoms with Crippen LogP contribution in [0.5, 0.6) is 0 Å². The number of halogens is 2. The highest BCUT2D eigenvalue weighted by atomic mass is 19.3. The minimum Gasteiger partial charge on any atom is -0.435 e. The van der Waals surface area contributed by atoms with Crippen molar-refractivity contribution in [3.05, 3.63) is 83.7 Å². The number of alkyl halides is 2. The lowest BCUT2D eigenvalue weighted by Crippen LogP contribution is -2.36. The van der Waals surface area contributed by atoms with Crippen LogP contribution < -0.4 is 0 Å². The average molecular weight is 468 g/mol. The molecule has 3 aliphatic rings. The molecule has 1 aliphatic carbocycles. The summed E-state index contributed by atoms with van der Waals surface area (Å²) in [5, 5.41) is 8.81. The van der Waals surface area contributed by atoms with E-state index in [-0.39, 0.29) is 11.8 Å². The topological polar surface area (TPSA) is 46.4 Å². The van der Waals surface area contributed by atoms with Crippen LogP contribution in [0.1, 0.15) is 43.1 Å². The molecule has 0 saturated carbocycles. The van der Waals surface area contributed by atoms with Gasteiger partial charge in [-0.2, -0.15) is 8.78 Å². The summed E-state index contributed by atoms with van der Waals surface area (Å²) in [5.41, 5.74) is 2.26. The van der Waals surface area contributed by atoms with Gasteiger partial charge in [0, 0.05) is 19.1 Å². The molecule has 1 aromatic heterocycles. The molecule has 34 heavy (non-hydrogen) atoms. The van der Waals surface area contributed by atoms with Crippen molar-refractivity contribution in [2.45, 2.75) is 50.9 Å². The molecule has 5 rings (SSSR count). The summed E-state index contributed by atoms with van der Waals surface area (Å²) in [6.07, 6.45) is 13.5. The number of rotatable bonds is 8. The Hall–Kier alpha value is -2.84. The minimum atomic E-state index is -2.81. The number of benzene rings is 1. The van der Waals surface area contributed by atoms with Gasteiger partial charge >= 0.3 is 6.61 Å². The predicted octanol–water partition coefficient (Wildman–Crippen LogP) is 4.55. The molecule has 2 unspecified atom stereocenters. The summed E-state index contributed by atoms with van der Waals surface area (Å²) in [4.78, 5) is 5.11. The lowest BCUT2D eigenvalue weighted by molar-refractivity contribution is -0.0923. The van der Waals surface area contributed by atoms with Gasteiger partial charge in [0.1, 0.15) is 12.1 Å². The third kappa shape index (κ3) is 5.45. The minimum absolute atomic E-state index is 0.0376. The molecule has 2 saturated heterocycles. The van der Waals surface area contributed by atoms with Gasteiger partial charge in [0.2, 0.25) is 0 Å². The Kier molecular flexibility index (Phi) is 7.16. The Labute approximate surface area is 199 Å². The zero-order valence-electron chi connectivity index (χ0n) is 19.3. The molecule has 6 nitrogen and oxygen atoms in total. The summed E-state index contributed by atoms with van der Waals surface area (Å²) in [7, 11) is 0. The monoisotopic (exact) mass is 467 g/mol. The van der Waals surface area contributed by atoms with Crippen LogP contribution in [0.15, 0.2) is 72.3 Å². The van der Waals surface area contributed by atoms with Gasteiger partial charge in [-0.3, -0.25) is 9.80 Å². The molecular formula is C26H31F2N5O. The Morgan fingerprint density at radius 2 is 1.91 bits per heavy atom. The van der Waals surface area contributed by atoms with E-state index in [1.54, 1.807) is 18.5 Å². The van der Waals surface area contributed by atoms with Gasteiger partial charge in [0.05, 0.1) is 12.6 Å². The van der Waals surface area contributed by atoms with E-state index in [1.165, 1.54) is 31.5 Å². The molecule has 0 bridgehead atoms. The molecule has 2 aromatic rings. The quantitative estimate of drug-likeness (QED) is 0.570. The summed E-state index contributed by atoms with van der Waals surface area (Å²) < 4.78 is 31.8. The van der Waals surface area contributed by atoms with Gasteiger partial charge in [-0.05, 0) is 62.1 Å². The van der Waals surface area contributed by atoms with Gasteiger partial charge in [0.25, 0.3) is 0 Å². The van der Waals surface area contributed by atoms with Crippen LogP contribution in [-0.2, 0) is 11.3 Å². The summed E-state index contributed by atoms with van der Waals surface area (Å²) in [6.45, 7) is 2.26. The zero-order chi connectivity index (χ0) is 23.3. The van der Waals surface area contributed by atoms with Crippen LogP contribution in [0, 0.1) is 0 Å². The Morgan fingerprint density at radius 3 is 2.65 bits per heavy atom. The second-order valence-corrected chi connectivity index (χ2v) is 9.19. The number of allylic oxidation sites excluding steroid dienone is 4. The van der Waals surface area contributed by atoms with E-state index in [9.17, 15) is 8.78 Å². The highest BCUT2D eigenvalue weighted by Crippen LogP contribution is 2.31. The van der Waals surface area contributed by atoms with Crippen LogP contribution in [0.25, 0.3) is 0 Å². The molecule has 8 heteroatoms. The highest BCUT2D eigenvalue weighted by Gasteiger charge is 2.34. The van der Waals surface area contributed by atoms with Crippen LogP contribution >= 0.6 is 0 Å². The second-order valence-electron chi connectivity index (χ2n) is 9.19. The first-order valence-corrected chi connectivity index (χ1v) is 12.1. The maximum atomic E-state index is 12.6. The fraction of sp³-hybridized carbons (Fsp3) is 0.462. The standard InChI is InChI=1S/C26H31F2N5O/c27-26(28)34-23-10-8-20(9-11-23)16-24(32-15-12-22(18-32)31-13-4-5-14-31)25-30-29-19-33(25)17-21-6-2-1-3-7-21/h1-3,6-8,10-11,16,19,22,24,26H,4-5,9,12-15,17-18H2. The van der Waals surface area contributed by atoms with E-state index in [2.05, 4.69) is 47.5 Å². The maximum absolute atomic E-state index is 12.6. The van der Waals surface area contributed by atoms with Crippen molar-refractivity contribution >= 4 is 0 Å². The van der Waals surface area contributed by atoms with Gasteiger partial charge < -0.3 is 9.30 Å². The molecule has 1 aromatic carbocycles. The van der Waals surface area contributed by atoms with E-state index < -0.39 is 6.61 Å². The predicted molar refractivity (Wildman–Crippen MR) is 126 cm³/mol. The SMILES string of the molecule is FC(F)OC1=CCC(=CC(c2nncn2Cc2ccccc2)N2CCC(N3CCCC3)C2)C=C1. The fourth-order valence-electron chi connectivity index (χ4n) is 5.22. The smallest absolute Gasteiger partial charge is 0.387 e. The van der Waals surface area contributed by atoms with Gasteiger partial charge in [-0.1, -0.05) is 42.5 Å². The Balaban J connectivity index is 1.39. The van der Waals surface area contributed by atoms with Gasteiger partial charge in [-0.15, -0.1) is 10.2 Å².